The average molecular weight is 295 g/mol. The van der Waals surface area contributed by atoms with E-state index in [2.05, 4.69) is 10.6 Å². The highest BCUT2D eigenvalue weighted by molar-refractivity contribution is 7.89. The highest BCUT2D eigenvalue weighted by Gasteiger charge is 2.33. The smallest absolute Gasteiger partial charge is 0.244 e. The number of imide groups is 1. The lowest BCUT2D eigenvalue weighted by atomic mass is 10.1. The van der Waals surface area contributed by atoms with E-state index in [1.165, 1.54) is 6.07 Å². The first-order chi connectivity index (χ1) is 9.46. The molecule has 0 aliphatic carbocycles. The number of nitrogens with zero attached hydrogens (tertiary/aromatic N) is 1. The summed E-state index contributed by atoms with van der Waals surface area (Å²) in [6.45, 7) is 0.686. The number of fused-ring (bicyclic) bond motifs is 1. The Kier molecular flexibility index (Phi) is 3.08. The van der Waals surface area contributed by atoms with Crippen molar-refractivity contribution < 1.29 is 18.0 Å². The van der Waals surface area contributed by atoms with E-state index in [1.54, 1.807) is 12.1 Å². The van der Waals surface area contributed by atoms with Crippen molar-refractivity contribution in [3.63, 3.8) is 0 Å². The lowest BCUT2D eigenvalue weighted by molar-refractivity contribution is -0.134. The molecule has 20 heavy (non-hydrogen) atoms. The van der Waals surface area contributed by atoms with E-state index < -0.39 is 21.8 Å². The standard InChI is InChI=1S/C12H13N3O4S/c16-11-6-15(7-12(17)14-11)20(18,19)10-2-1-8-4-13-5-9(8)3-10/h1-3,13H,4-7H2,(H,14,16,17). The molecule has 0 saturated carbocycles. The van der Waals surface area contributed by atoms with Crippen LogP contribution < -0.4 is 10.6 Å². The highest BCUT2D eigenvalue weighted by atomic mass is 32.2. The number of benzene rings is 1. The van der Waals surface area contributed by atoms with Crippen LogP contribution in [0.5, 0.6) is 0 Å². The molecular weight excluding hydrogens is 282 g/mol. The number of nitrogens with one attached hydrogen (secondary N) is 2. The Morgan fingerprint density at radius 3 is 2.35 bits per heavy atom. The Bertz CT molecular complexity index is 683. The number of carbonyl (C=O) groups is 2. The Morgan fingerprint density at radius 2 is 1.65 bits per heavy atom. The number of hydrogen-bond donors (Lipinski definition) is 2. The number of piperazine rings is 1. The van der Waals surface area contributed by atoms with Gasteiger partial charge in [-0.2, -0.15) is 4.31 Å². The fourth-order valence-electron chi connectivity index (χ4n) is 2.36. The van der Waals surface area contributed by atoms with E-state index in [4.69, 9.17) is 0 Å². The van der Waals surface area contributed by atoms with Crippen LogP contribution in [-0.4, -0.2) is 37.6 Å². The molecule has 0 radical (unpaired) electrons. The maximum atomic E-state index is 12.5. The van der Waals surface area contributed by atoms with E-state index in [0.29, 0.717) is 6.54 Å². The molecule has 1 saturated heterocycles. The predicted octanol–water partition coefficient (Wildman–Crippen LogP) is -1.06. The zero-order chi connectivity index (χ0) is 14.3. The van der Waals surface area contributed by atoms with Gasteiger partial charge in [0.05, 0.1) is 18.0 Å². The Morgan fingerprint density at radius 1 is 1.00 bits per heavy atom. The van der Waals surface area contributed by atoms with E-state index in [1.807, 2.05) is 0 Å². The quantitative estimate of drug-likeness (QED) is 0.678. The summed E-state index contributed by atoms with van der Waals surface area (Å²) in [6.07, 6.45) is 0. The van der Waals surface area contributed by atoms with Crippen LogP contribution in [0.4, 0.5) is 0 Å². The lowest BCUT2D eigenvalue weighted by Crippen LogP contribution is -2.53. The van der Waals surface area contributed by atoms with Gasteiger partial charge in [0.2, 0.25) is 21.8 Å². The second-order valence-electron chi connectivity index (χ2n) is 4.78. The first kappa shape index (κ1) is 13.2. The Labute approximate surface area is 116 Å². The molecule has 2 N–H and O–H groups in total. The molecule has 0 aromatic heterocycles. The van der Waals surface area contributed by atoms with Gasteiger partial charge < -0.3 is 5.32 Å². The molecule has 0 atom stereocenters. The molecule has 0 unspecified atom stereocenters. The minimum absolute atomic E-state index is 0.113. The van der Waals surface area contributed by atoms with Crippen LogP contribution in [0.3, 0.4) is 0 Å². The third kappa shape index (κ3) is 2.21. The van der Waals surface area contributed by atoms with Crippen molar-refractivity contribution in [2.24, 2.45) is 0 Å². The molecule has 2 aliphatic rings. The van der Waals surface area contributed by atoms with Crippen molar-refractivity contribution in [3.05, 3.63) is 29.3 Å². The first-order valence-electron chi connectivity index (χ1n) is 6.12. The fourth-order valence-corrected chi connectivity index (χ4v) is 3.77. The minimum atomic E-state index is -3.83. The van der Waals surface area contributed by atoms with Crippen LogP contribution >= 0.6 is 0 Å². The molecule has 1 aromatic rings. The molecule has 0 spiro atoms. The largest absolute Gasteiger partial charge is 0.309 e. The van der Waals surface area contributed by atoms with Crippen molar-refractivity contribution in [1.29, 1.82) is 0 Å². The van der Waals surface area contributed by atoms with Crippen LogP contribution in [0.25, 0.3) is 0 Å². The van der Waals surface area contributed by atoms with Crippen molar-refractivity contribution >= 4 is 21.8 Å². The molecule has 1 aromatic carbocycles. The van der Waals surface area contributed by atoms with Crippen LogP contribution in [0.2, 0.25) is 0 Å². The van der Waals surface area contributed by atoms with Crippen molar-refractivity contribution in [1.82, 2.24) is 14.9 Å². The van der Waals surface area contributed by atoms with Gasteiger partial charge in [0.25, 0.3) is 0 Å². The molecule has 2 heterocycles. The van der Waals surface area contributed by atoms with E-state index >= 15 is 0 Å². The minimum Gasteiger partial charge on any atom is -0.309 e. The summed E-state index contributed by atoms with van der Waals surface area (Å²) < 4.78 is 25.8. The maximum absolute atomic E-state index is 12.5. The van der Waals surface area contributed by atoms with Gasteiger partial charge in [0.15, 0.2) is 0 Å². The Balaban J connectivity index is 1.95. The van der Waals surface area contributed by atoms with Crippen LogP contribution in [0, 0.1) is 0 Å². The third-order valence-electron chi connectivity index (χ3n) is 3.37. The van der Waals surface area contributed by atoms with Gasteiger partial charge in [-0.3, -0.25) is 14.9 Å². The maximum Gasteiger partial charge on any atom is 0.244 e. The van der Waals surface area contributed by atoms with Crippen LogP contribution in [0.15, 0.2) is 23.1 Å². The normalized spacial score (nSPS) is 19.8. The van der Waals surface area contributed by atoms with Crippen molar-refractivity contribution in [2.75, 3.05) is 13.1 Å². The summed E-state index contributed by atoms with van der Waals surface area (Å²) >= 11 is 0. The molecule has 106 valence electrons. The molecule has 2 aliphatic heterocycles. The second kappa shape index (κ2) is 4.65. The molecular formula is C12H13N3O4S. The number of sulfonamides is 1. The number of amides is 2. The average Bonchev–Trinajstić information content (AvgIpc) is 2.84. The van der Waals surface area contributed by atoms with Gasteiger partial charge in [-0.1, -0.05) is 6.07 Å². The summed E-state index contributed by atoms with van der Waals surface area (Å²) in [4.78, 5) is 22.7. The topological polar surface area (TPSA) is 95.6 Å². The number of rotatable bonds is 2. The number of hydrogen-bond acceptors (Lipinski definition) is 5. The monoisotopic (exact) mass is 295 g/mol. The van der Waals surface area contributed by atoms with Crippen molar-refractivity contribution in [2.45, 2.75) is 18.0 Å². The van der Waals surface area contributed by atoms with E-state index in [9.17, 15) is 18.0 Å². The Hall–Kier alpha value is -1.77. The van der Waals surface area contributed by atoms with Gasteiger partial charge >= 0.3 is 0 Å². The molecule has 7 nitrogen and oxygen atoms in total. The number of carbonyl (C=O) groups excluding carboxylic acids is 2. The summed E-state index contributed by atoms with van der Waals surface area (Å²) in [6, 6.07) is 4.87. The third-order valence-corrected chi connectivity index (χ3v) is 5.15. The van der Waals surface area contributed by atoms with Crippen LogP contribution in [0.1, 0.15) is 11.1 Å². The first-order valence-corrected chi connectivity index (χ1v) is 7.56. The van der Waals surface area contributed by atoms with Gasteiger partial charge in [0.1, 0.15) is 0 Å². The predicted molar refractivity (Wildman–Crippen MR) is 68.9 cm³/mol. The van der Waals surface area contributed by atoms with E-state index in [-0.39, 0.29) is 18.0 Å². The fraction of sp³-hybridized carbons (Fsp3) is 0.333. The lowest BCUT2D eigenvalue weighted by Gasteiger charge is -2.24. The zero-order valence-corrected chi connectivity index (χ0v) is 11.4. The second-order valence-corrected chi connectivity index (χ2v) is 6.72. The van der Waals surface area contributed by atoms with E-state index in [0.717, 1.165) is 22.0 Å². The summed E-state index contributed by atoms with van der Waals surface area (Å²) in [7, 11) is -3.83. The highest BCUT2D eigenvalue weighted by Crippen LogP contribution is 2.23. The van der Waals surface area contributed by atoms with Gasteiger partial charge in [-0.15, -0.1) is 0 Å². The summed E-state index contributed by atoms with van der Waals surface area (Å²) in [5.41, 5.74) is 2.00. The summed E-state index contributed by atoms with van der Waals surface area (Å²) in [5, 5.41) is 5.21. The SMILES string of the molecule is O=C1CN(S(=O)(=O)c2ccc3c(c2)CNC3)CC(=O)N1. The molecule has 2 amide bonds. The van der Waals surface area contributed by atoms with Crippen molar-refractivity contribution in [3.8, 4) is 0 Å². The van der Waals surface area contributed by atoms with Gasteiger partial charge in [-0.25, -0.2) is 8.42 Å². The van der Waals surface area contributed by atoms with Gasteiger partial charge in [0, 0.05) is 13.1 Å². The molecule has 3 rings (SSSR count). The van der Waals surface area contributed by atoms with Crippen LogP contribution in [-0.2, 0) is 32.7 Å². The molecule has 8 heteroatoms. The summed E-state index contributed by atoms with van der Waals surface area (Å²) in [5.74, 6) is -1.21. The molecule has 1 fully saturated rings. The zero-order valence-electron chi connectivity index (χ0n) is 10.5. The molecule has 0 bridgehead atoms. The van der Waals surface area contributed by atoms with Gasteiger partial charge in [-0.05, 0) is 23.3 Å².